The van der Waals surface area contributed by atoms with E-state index in [1.807, 2.05) is 6.07 Å². The van der Waals surface area contributed by atoms with E-state index in [-0.39, 0.29) is 36.3 Å². The molecule has 0 aliphatic carbocycles. The molecule has 1 atom stereocenters. The number of H-pyrrole nitrogens is 1. The fraction of sp³-hybridized carbons (Fsp3) is 0.556. The standard InChI is InChI=1S/C36H45ClF3N7O4S2/c1-53(50,51)45-16-11-31-28(23-45)34(24-5-7-29(36(38,39)40)33(19-24)52-18-17-43-12-3-2-4-13-43)42-46(31)22-27(48)21-44-14-9-26(10-15-44)47-32-8-6-25(37)20-30(32)41-35(47)49/h5-8,19-20,26-27,48H,2-4,9-18,21-23H2,1H3,(H,41,49). The molecule has 0 spiro atoms. The molecule has 3 aliphatic heterocycles. The first kappa shape index (κ1) is 38.4. The van der Waals surface area contributed by atoms with E-state index >= 15 is 0 Å². The van der Waals surface area contributed by atoms with Crippen LogP contribution in [-0.4, -0.2) is 111 Å². The van der Waals surface area contributed by atoms with E-state index in [0.29, 0.717) is 65.7 Å². The number of fused-ring (bicyclic) bond motifs is 2. The minimum atomic E-state index is -4.53. The molecule has 0 bridgehead atoms. The third-order valence-corrected chi connectivity index (χ3v) is 13.2. The number of sulfonamides is 1. The summed E-state index contributed by atoms with van der Waals surface area (Å²) >= 11 is 7.30. The Kier molecular flexibility index (Phi) is 11.4. The van der Waals surface area contributed by atoms with Gasteiger partial charge in [0.1, 0.15) is 0 Å². The number of benzene rings is 2. The summed E-state index contributed by atoms with van der Waals surface area (Å²) < 4.78 is 72.6. The monoisotopic (exact) mass is 795 g/mol. The van der Waals surface area contributed by atoms with Gasteiger partial charge in [-0.2, -0.15) is 22.6 Å². The highest BCUT2D eigenvalue weighted by molar-refractivity contribution is 7.99. The maximum Gasteiger partial charge on any atom is 0.417 e. The smallest absolute Gasteiger partial charge is 0.390 e. The molecule has 2 saturated heterocycles. The second kappa shape index (κ2) is 15.7. The number of thioether (sulfide) groups is 1. The number of likely N-dealkylation sites (tertiary alicyclic amines) is 2. The van der Waals surface area contributed by atoms with Gasteiger partial charge in [-0.15, -0.1) is 11.8 Å². The molecule has 0 saturated carbocycles. The maximum absolute atomic E-state index is 14.2. The Morgan fingerprint density at radius 3 is 2.49 bits per heavy atom. The van der Waals surface area contributed by atoms with Gasteiger partial charge in [0.25, 0.3) is 0 Å². The summed E-state index contributed by atoms with van der Waals surface area (Å²) in [5.41, 5.74) is 2.96. The molecule has 0 radical (unpaired) electrons. The molecule has 5 heterocycles. The molecule has 2 fully saturated rings. The summed E-state index contributed by atoms with van der Waals surface area (Å²) in [6, 6.07) is 9.40. The van der Waals surface area contributed by atoms with Gasteiger partial charge in [-0.05, 0) is 69.1 Å². The lowest BCUT2D eigenvalue weighted by Crippen LogP contribution is -2.42. The number of aromatic amines is 1. The molecule has 288 valence electrons. The van der Waals surface area contributed by atoms with Crippen LogP contribution >= 0.6 is 23.4 Å². The molecule has 1 unspecified atom stereocenters. The van der Waals surface area contributed by atoms with Crippen molar-refractivity contribution in [2.45, 2.75) is 74.8 Å². The lowest BCUT2D eigenvalue weighted by atomic mass is 10.0. The molecule has 7 rings (SSSR count). The van der Waals surface area contributed by atoms with Crippen LogP contribution in [0.5, 0.6) is 0 Å². The van der Waals surface area contributed by atoms with Gasteiger partial charge in [0.15, 0.2) is 0 Å². The highest BCUT2D eigenvalue weighted by atomic mass is 35.5. The Morgan fingerprint density at radius 1 is 1.02 bits per heavy atom. The fourth-order valence-electron chi connectivity index (χ4n) is 8.00. The van der Waals surface area contributed by atoms with E-state index in [4.69, 9.17) is 16.7 Å². The first-order valence-corrected chi connectivity index (χ1v) is 21.4. The molecule has 4 aromatic rings. The van der Waals surface area contributed by atoms with Gasteiger partial charge in [0.2, 0.25) is 10.0 Å². The zero-order chi connectivity index (χ0) is 37.5. The molecule has 11 nitrogen and oxygen atoms in total. The number of aliphatic hydroxyl groups excluding tert-OH is 1. The minimum absolute atomic E-state index is 0.000794. The summed E-state index contributed by atoms with van der Waals surface area (Å²) in [6.45, 7) is 4.75. The number of piperidine rings is 2. The van der Waals surface area contributed by atoms with Crippen LogP contribution in [-0.2, 0) is 35.7 Å². The predicted octanol–water partition coefficient (Wildman–Crippen LogP) is 5.46. The third kappa shape index (κ3) is 8.68. The van der Waals surface area contributed by atoms with E-state index in [0.717, 1.165) is 62.3 Å². The number of aromatic nitrogens is 4. The van der Waals surface area contributed by atoms with Crippen molar-refractivity contribution in [1.82, 2.24) is 33.4 Å². The molecule has 17 heteroatoms. The summed E-state index contributed by atoms with van der Waals surface area (Å²) in [5, 5.41) is 16.7. The van der Waals surface area contributed by atoms with E-state index < -0.39 is 27.9 Å². The van der Waals surface area contributed by atoms with Crippen LogP contribution < -0.4 is 5.69 Å². The van der Waals surface area contributed by atoms with Gasteiger partial charge >= 0.3 is 11.9 Å². The van der Waals surface area contributed by atoms with Gasteiger partial charge in [0, 0.05) is 84.2 Å². The molecule has 3 aliphatic rings. The number of alkyl halides is 3. The highest BCUT2D eigenvalue weighted by Gasteiger charge is 2.35. The van der Waals surface area contributed by atoms with Crippen LogP contribution in [0, 0.1) is 0 Å². The molecule has 0 amide bonds. The van der Waals surface area contributed by atoms with Gasteiger partial charge in [-0.25, -0.2) is 13.2 Å². The quantitative estimate of drug-likeness (QED) is 0.192. The average molecular weight is 796 g/mol. The number of β-amino-alcohol motifs (C(OH)–C–C–N with tert-alkyl or cyclic N) is 1. The number of imidazole rings is 1. The number of rotatable bonds is 11. The Morgan fingerprint density at radius 2 is 1.77 bits per heavy atom. The second-order valence-corrected chi connectivity index (χ2v) is 18.0. The summed E-state index contributed by atoms with van der Waals surface area (Å²) in [7, 11) is -3.54. The number of aliphatic hydroxyl groups is 1. The van der Waals surface area contributed by atoms with Crippen molar-refractivity contribution in [3.63, 3.8) is 0 Å². The average Bonchev–Trinajstić information content (AvgIpc) is 3.63. The van der Waals surface area contributed by atoms with E-state index in [2.05, 4.69) is 14.8 Å². The number of halogens is 4. The van der Waals surface area contributed by atoms with Crippen LogP contribution in [0.3, 0.4) is 0 Å². The maximum atomic E-state index is 14.2. The zero-order valence-electron chi connectivity index (χ0n) is 29.6. The van der Waals surface area contributed by atoms with Crippen molar-refractivity contribution in [2.24, 2.45) is 0 Å². The molecule has 2 aromatic carbocycles. The Hall–Kier alpha value is -2.86. The lowest BCUT2D eigenvalue weighted by molar-refractivity contribution is -0.139. The SMILES string of the molecule is CS(=O)(=O)N1CCc2c(c(-c3ccc(C(F)(F)F)c(SCCN4CCCCC4)c3)nn2CC(O)CN2CCC(n3c(=O)[nH]c4cc(Cl)ccc43)CC2)C1. The van der Waals surface area contributed by atoms with Gasteiger partial charge < -0.3 is 19.9 Å². The van der Waals surface area contributed by atoms with Crippen LogP contribution in [0.1, 0.15) is 55.0 Å². The first-order chi connectivity index (χ1) is 25.2. The Labute approximate surface area is 316 Å². The van der Waals surface area contributed by atoms with E-state index in [9.17, 15) is 31.5 Å². The minimum Gasteiger partial charge on any atom is -0.390 e. The number of hydrogen-bond donors (Lipinski definition) is 2. The van der Waals surface area contributed by atoms with Gasteiger partial charge in [-0.1, -0.05) is 24.1 Å². The van der Waals surface area contributed by atoms with E-state index in [1.165, 1.54) is 34.6 Å². The van der Waals surface area contributed by atoms with Crippen LogP contribution in [0.15, 0.2) is 46.1 Å². The van der Waals surface area contributed by atoms with Crippen molar-refractivity contribution in [1.29, 1.82) is 0 Å². The molecule has 2 N–H and O–H groups in total. The molecular weight excluding hydrogens is 751 g/mol. The largest absolute Gasteiger partial charge is 0.417 e. The number of hydrogen-bond acceptors (Lipinski definition) is 8. The van der Waals surface area contributed by atoms with Crippen molar-refractivity contribution in [2.75, 3.05) is 57.8 Å². The second-order valence-electron chi connectivity index (χ2n) is 14.4. The van der Waals surface area contributed by atoms with Crippen LogP contribution in [0.4, 0.5) is 13.2 Å². The highest BCUT2D eigenvalue weighted by Crippen LogP contribution is 2.40. The van der Waals surface area contributed by atoms with Crippen LogP contribution in [0.25, 0.3) is 22.3 Å². The summed E-state index contributed by atoms with van der Waals surface area (Å²) in [4.78, 5) is 20.3. The van der Waals surface area contributed by atoms with Crippen molar-refractivity contribution < 1.29 is 26.7 Å². The molecule has 2 aromatic heterocycles. The number of nitrogens with zero attached hydrogens (tertiary/aromatic N) is 6. The van der Waals surface area contributed by atoms with E-state index in [1.54, 1.807) is 21.4 Å². The lowest BCUT2D eigenvalue weighted by Gasteiger charge is -2.33. The topological polar surface area (TPSA) is 120 Å². The molecule has 53 heavy (non-hydrogen) atoms. The zero-order valence-corrected chi connectivity index (χ0v) is 32.0. The Balaban J connectivity index is 1.09. The number of nitrogens with one attached hydrogen (secondary N) is 1. The first-order valence-electron chi connectivity index (χ1n) is 18.2. The fourth-order valence-corrected chi connectivity index (χ4v) is 10.1. The van der Waals surface area contributed by atoms with Gasteiger partial charge in [0.05, 0.1) is 41.2 Å². The van der Waals surface area contributed by atoms with Crippen LogP contribution in [0.2, 0.25) is 5.02 Å². The third-order valence-electron chi connectivity index (χ3n) is 10.7. The van der Waals surface area contributed by atoms with Crippen molar-refractivity contribution in [3.05, 3.63) is 68.7 Å². The summed E-state index contributed by atoms with van der Waals surface area (Å²) in [5.74, 6) is 0.512. The predicted molar refractivity (Wildman–Crippen MR) is 201 cm³/mol. The summed E-state index contributed by atoms with van der Waals surface area (Å²) in [6.07, 6.45) is 0.978. The Bertz CT molecular complexity index is 2110. The molecular formula is C36H45ClF3N7O4S2. The normalized spacial score (nSPS) is 19.2. The van der Waals surface area contributed by atoms with Gasteiger partial charge in [-0.3, -0.25) is 9.25 Å². The van der Waals surface area contributed by atoms with Crippen molar-refractivity contribution in [3.8, 4) is 11.3 Å². The van der Waals surface area contributed by atoms with Crippen molar-refractivity contribution >= 4 is 44.4 Å².